The number of methoxy groups -OCH3 is 1. The number of hydrogen-bond donors (Lipinski definition) is 2. The molecule has 0 saturated heterocycles. The molecule has 2 aromatic carbocycles. The van der Waals surface area contributed by atoms with Crippen molar-refractivity contribution in [2.45, 2.75) is 18.7 Å². The highest BCUT2D eigenvalue weighted by Gasteiger charge is 2.15. The van der Waals surface area contributed by atoms with Gasteiger partial charge in [-0.3, -0.25) is 9.52 Å². The fraction of sp³-hybridized carbons (Fsp3) is 0.143. The Morgan fingerprint density at radius 3 is 2.48 bits per heavy atom. The first-order valence-corrected chi connectivity index (χ1v) is 10.9. The fourth-order valence-corrected chi connectivity index (χ4v) is 4.01. The van der Waals surface area contributed by atoms with Crippen molar-refractivity contribution in [1.82, 2.24) is 5.16 Å². The van der Waals surface area contributed by atoms with E-state index in [2.05, 4.69) is 15.2 Å². The normalized spacial score (nSPS) is 11.5. The number of aromatic nitrogens is 1. The largest absolute Gasteiger partial charge is 0.495 e. The Bertz CT molecular complexity index is 1230. The molecule has 8 nitrogen and oxygen atoms in total. The topological polar surface area (TPSA) is 111 Å². The lowest BCUT2D eigenvalue weighted by Crippen LogP contribution is -2.12. The Morgan fingerprint density at radius 1 is 1.16 bits per heavy atom. The maximum absolute atomic E-state index is 12.6. The quantitative estimate of drug-likeness (QED) is 0.533. The van der Waals surface area contributed by atoms with E-state index in [1.807, 2.05) is 0 Å². The van der Waals surface area contributed by atoms with Crippen LogP contribution in [0.3, 0.4) is 0 Å². The molecule has 10 heteroatoms. The predicted molar refractivity (Wildman–Crippen MR) is 120 cm³/mol. The van der Waals surface area contributed by atoms with Crippen molar-refractivity contribution in [2.75, 3.05) is 17.1 Å². The number of aryl methyl sites for hydroxylation is 1. The van der Waals surface area contributed by atoms with E-state index in [1.54, 1.807) is 43.3 Å². The van der Waals surface area contributed by atoms with Crippen LogP contribution in [0.1, 0.15) is 23.9 Å². The van der Waals surface area contributed by atoms with Gasteiger partial charge in [0.05, 0.1) is 22.7 Å². The summed E-state index contributed by atoms with van der Waals surface area (Å²) < 4.78 is 38.0. The van der Waals surface area contributed by atoms with Gasteiger partial charge in [-0.1, -0.05) is 35.0 Å². The number of amides is 1. The summed E-state index contributed by atoms with van der Waals surface area (Å²) in [6, 6.07) is 10.9. The van der Waals surface area contributed by atoms with Gasteiger partial charge in [0.2, 0.25) is 5.91 Å². The Morgan fingerprint density at radius 2 is 1.87 bits per heavy atom. The molecule has 0 atom stereocenters. The Balaban J connectivity index is 1.76. The molecule has 0 bridgehead atoms. The van der Waals surface area contributed by atoms with Crippen molar-refractivity contribution in [3.8, 4) is 5.75 Å². The van der Waals surface area contributed by atoms with Crippen LogP contribution in [0.4, 0.5) is 11.4 Å². The van der Waals surface area contributed by atoms with E-state index in [-0.39, 0.29) is 10.8 Å². The van der Waals surface area contributed by atoms with E-state index in [0.29, 0.717) is 33.6 Å². The van der Waals surface area contributed by atoms with Crippen LogP contribution < -0.4 is 14.8 Å². The molecule has 0 fully saturated rings. The number of hydrogen-bond acceptors (Lipinski definition) is 6. The first-order valence-electron chi connectivity index (χ1n) is 9.08. The number of benzene rings is 2. The van der Waals surface area contributed by atoms with Crippen molar-refractivity contribution in [3.05, 3.63) is 64.5 Å². The Hall–Kier alpha value is -3.30. The van der Waals surface area contributed by atoms with E-state index < -0.39 is 10.0 Å². The van der Waals surface area contributed by atoms with Crippen LogP contribution in [-0.2, 0) is 14.8 Å². The summed E-state index contributed by atoms with van der Waals surface area (Å²) in [7, 11) is -2.32. The van der Waals surface area contributed by atoms with Crippen LogP contribution in [0.5, 0.6) is 5.75 Å². The Kier molecular flexibility index (Phi) is 6.67. The number of carbonyl (C=O) groups is 1. The molecule has 0 aliphatic rings. The first-order chi connectivity index (χ1) is 14.7. The second-order valence-electron chi connectivity index (χ2n) is 6.55. The van der Waals surface area contributed by atoms with Gasteiger partial charge in [-0.05, 0) is 48.9 Å². The standard InChI is InChI=1S/C21H20ClN3O5S/c1-13-21(23-14(2)26)20(30-24-13)10-6-15-4-8-17(9-5-15)31(27,28)25-16-7-11-19(29-3)18(22)12-16/h4-12,25H,1-3H3,(H,23,26)/b10-6-. The van der Waals surface area contributed by atoms with Crippen molar-refractivity contribution in [2.24, 2.45) is 0 Å². The van der Waals surface area contributed by atoms with Gasteiger partial charge in [0.25, 0.3) is 10.0 Å². The molecular weight excluding hydrogens is 442 g/mol. The van der Waals surface area contributed by atoms with Crippen molar-refractivity contribution >= 4 is 51.1 Å². The van der Waals surface area contributed by atoms with Crippen LogP contribution in [0.25, 0.3) is 12.2 Å². The molecule has 2 N–H and O–H groups in total. The maximum Gasteiger partial charge on any atom is 0.261 e. The molecule has 0 aliphatic heterocycles. The van der Waals surface area contributed by atoms with E-state index in [0.717, 1.165) is 5.56 Å². The van der Waals surface area contributed by atoms with Gasteiger partial charge in [-0.15, -0.1) is 0 Å². The summed E-state index contributed by atoms with van der Waals surface area (Å²) in [5.41, 5.74) is 2.10. The molecule has 1 amide bonds. The minimum atomic E-state index is -3.80. The number of ether oxygens (including phenoxy) is 1. The van der Waals surface area contributed by atoms with Crippen LogP contribution >= 0.6 is 11.6 Å². The van der Waals surface area contributed by atoms with Crippen LogP contribution in [0.2, 0.25) is 5.02 Å². The minimum Gasteiger partial charge on any atom is -0.495 e. The second-order valence-corrected chi connectivity index (χ2v) is 8.64. The van der Waals surface area contributed by atoms with Crippen molar-refractivity contribution in [1.29, 1.82) is 0 Å². The van der Waals surface area contributed by atoms with E-state index in [9.17, 15) is 13.2 Å². The van der Waals surface area contributed by atoms with Crippen LogP contribution in [-0.4, -0.2) is 26.6 Å². The number of nitrogens with zero attached hydrogens (tertiary/aromatic N) is 1. The molecule has 31 heavy (non-hydrogen) atoms. The average molecular weight is 462 g/mol. The summed E-state index contributed by atoms with van der Waals surface area (Å²) in [5, 5.41) is 6.81. The third-order valence-corrected chi connectivity index (χ3v) is 5.90. The van der Waals surface area contributed by atoms with E-state index >= 15 is 0 Å². The average Bonchev–Trinajstić information content (AvgIpc) is 3.05. The summed E-state index contributed by atoms with van der Waals surface area (Å²) in [4.78, 5) is 11.4. The Labute approximate surface area is 184 Å². The monoisotopic (exact) mass is 461 g/mol. The van der Waals surface area contributed by atoms with Gasteiger partial charge in [0, 0.05) is 6.92 Å². The van der Waals surface area contributed by atoms with E-state index in [4.69, 9.17) is 20.9 Å². The summed E-state index contributed by atoms with van der Waals surface area (Å²) in [6.45, 7) is 3.11. The van der Waals surface area contributed by atoms with Crippen molar-refractivity contribution in [3.63, 3.8) is 0 Å². The SMILES string of the molecule is COc1ccc(NS(=O)(=O)c2ccc(/C=C\c3onc(C)c3NC(C)=O)cc2)cc1Cl. The maximum atomic E-state index is 12.6. The molecule has 1 aromatic heterocycles. The molecular formula is C21H20ClN3O5S. The third kappa shape index (κ3) is 5.44. The summed E-state index contributed by atoms with van der Waals surface area (Å²) >= 11 is 6.05. The number of rotatable bonds is 7. The molecule has 3 aromatic rings. The highest BCUT2D eigenvalue weighted by Crippen LogP contribution is 2.28. The molecule has 0 unspecified atom stereocenters. The highest BCUT2D eigenvalue weighted by molar-refractivity contribution is 7.92. The number of nitrogens with one attached hydrogen (secondary N) is 2. The molecule has 0 spiro atoms. The highest BCUT2D eigenvalue weighted by atomic mass is 35.5. The summed E-state index contributed by atoms with van der Waals surface area (Å²) in [5.74, 6) is 0.605. The van der Waals surface area contributed by atoms with Crippen LogP contribution in [0.15, 0.2) is 51.9 Å². The molecule has 1 heterocycles. The van der Waals surface area contributed by atoms with Gasteiger partial charge in [-0.25, -0.2) is 8.42 Å². The summed E-state index contributed by atoms with van der Waals surface area (Å²) in [6.07, 6.45) is 3.37. The number of halogens is 1. The predicted octanol–water partition coefficient (Wildman–Crippen LogP) is 4.57. The first kappa shape index (κ1) is 22.4. The zero-order valence-corrected chi connectivity index (χ0v) is 18.5. The fourth-order valence-electron chi connectivity index (χ4n) is 2.70. The number of sulfonamides is 1. The minimum absolute atomic E-state index is 0.0889. The van der Waals surface area contributed by atoms with Crippen molar-refractivity contribution < 1.29 is 22.5 Å². The zero-order chi connectivity index (χ0) is 22.6. The van der Waals surface area contributed by atoms with Crippen LogP contribution in [0, 0.1) is 6.92 Å². The molecule has 0 radical (unpaired) electrons. The molecule has 3 rings (SSSR count). The van der Waals surface area contributed by atoms with Gasteiger partial charge >= 0.3 is 0 Å². The lowest BCUT2D eigenvalue weighted by Gasteiger charge is -2.10. The van der Waals surface area contributed by atoms with E-state index in [1.165, 1.54) is 32.2 Å². The lowest BCUT2D eigenvalue weighted by molar-refractivity contribution is -0.114. The van der Waals surface area contributed by atoms with Gasteiger partial charge in [0.1, 0.15) is 17.1 Å². The molecule has 0 aliphatic carbocycles. The third-order valence-electron chi connectivity index (χ3n) is 4.21. The van der Waals surface area contributed by atoms with Gasteiger partial charge in [-0.2, -0.15) is 0 Å². The zero-order valence-electron chi connectivity index (χ0n) is 17.0. The van der Waals surface area contributed by atoms with Gasteiger partial charge in [0.15, 0.2) is 5.76 Å². The number of anilines is 2. The molecule has 162 valence electrons. The second kappa shape index (κ2) is 9.23. The lowest BCUT2D eigenvalue weighted by atomic mass is 10.2. The number of carbonyl (C=O) groups excluding carboxylic acids is 1. The molecule has 0 saturated carbocycles. The van der Waals surface area contributed by atoms with Gasteiger partial charge < -0.3 is 14.6 Å². The smallest absolute Gasteiger partial charge is 0.261 e.